The molecule has 112 valence electrons. The Morgan fingerprint density at radius 2 is 1.95 bits per heavy atom. The van der Waals surface area contributed by atoms with Gasteiger partial charge in [0.2, 0.25) is 5.91 Å². The van der Waals surface area contributed by atoms with Crippen LogP contribution in [0.1, 0.15) is 28.8 Å². The Hall–Kier alpha value is -2.62. The molecule has 2 aromatic carbocycles. The zero-order chi connectivity index (χ0) is 15.5. The Morgan fingerprint density at radius 1 is 1.14 bits per heavy atom. The minimum Gasteiger partial charge on any atom is -0.320 e. The molecule has 0 aliphatic carbocycles. The van der Waals surface area contributed by atoms with E-state index in [0.29, 0.717) is 24.2 Å². The molecule has 1 heterocycles. The van der Waals surface area contributed by atoms with Gasteiger partial charge in [-0.05, 0) is 37.6 Å². The van der Waals surface area contributed by atoms with Crippen molar-refractivity contribution >= 4 is 23.2 Å². The summed E-state index contributed by atoms with van der Waals surface area (Å²) in [5, 5.41) is 2.92. The van der Waals surface area contributed by atoms with Gasteiger partial charge >= 0.3 is 0 Å². The van der Waals surface area contributed by atoms with Crippen LogP contribution in [0.25, 0.3) is 0 Å². The van der Waals surface area contributed by atoms with Crippen molar-refractivity contribution in [3.8, 4) is 0 Å². The molecule has 1 fully saturated rings. The summed E-state index contributed by atoms with van der Waals surface area (Å²) in [7, 11) is 0. The van der Waals surface area contributed by atoms with E-state index in [0.717, 1.165) is 17.7 Å². The van der Waals surface area contributed by atoms with Gasteiger partial charge in [0, 0.05) is 18.5 Å². The Morgan fingerprint density at radius 3 is 2.68 bits per heavy atom. The number of para-hydroxylation sites is 2. The second-order valence-electron chi connectivity index (χ2n) is 5.49. The van der Waals surface area contributed by atoms with E-state index >= 15 is 0 Å². The van der Waals surface area contributed by atoms with E-state index < -0.39 is 0 Å². The first-order valence-corrected chi connectivity index (χ1v) is 7.42. The smallest absolute Gasteiger partial charge is 0.255 e. The van der Waals surface area contributed by atoms with Gasteiger partial charge < -0.3 is 10.2 Å². The third-order valence-electron chi connectivity index (χ3n) is 3.80. The van der Waals surface area contributed by atoms with Crippen molar-refractivity contribution in [3.05, 3.63) is 59.7 Å². The molecule has 0 atom stereocenters. The molecule has 0 radical (unpaired) electrons. The summed E-state index contributed by atoms with van der Waals surface area (Å²) in [6.45, 7) is 2.66. The van der Waals surface area contributed by atoms with E-state index in [4.69, 9.17) is 0 Å². The molecular formula is C18H18N2O2. The summed E-state index contributed by atoms with van der Waals surface area (Å²) >= 11 is 0. The molecule has 0 aromatic heterocycles. The van der Waals surface area contributed by atoms with Gasteiger partial charge in [0.05, 0.1) is 11.4 Å². The van der Waals surface area contributed by atoms with Gasteiger partial charge in [-0.25, -0.2) is 0 Å². The zero-order valence-corrected chi connectivity index (χ0v) is 12.5. The standard InChI is InChI=1S/C18H18N2O2/c1-13-6-4-7-14(12-13)18(22)19-15-8-2-3-9-16(15)20-11-5-10-17(20)21/h2-4,6-9,12H,5,10-11H2,1H3,(H,19,22). The van der Waals surface area contributed by atoms with Crippen molar-refractivity contribution in [2.45, 2.75) is 19.8 Å². The quantitative estimate of drug-likeness (QED) is 0.943. The van der Waals surface area contributed by atoms with Gasteiger partial charge in [0.1, 0.15) is 0 Å². The fraction of sp³-hybridized carbons (Fsp3) is 0.222. The van der Waals surface area contributed by atoms with Crippen LogP contribution in [0.15, 0.2) is 48.5 Å². The number of carbonyl (C=O) groups excluding carboxylic acids is 2. The Kier molecular flexibility index (Phi) is 3.92. The molecule has 2 aromatic rings. The predicted octanol–water partition coefficient (Wildman–Crippen LogP) is 3.37. The van der Waals surface area contributed by atoms with Gasteiger partial charge in [-0.2, -0.15) is 0 Å². The van der Waals surface area contributed by atoms with Gasteiger partial charge in [0.25, 0.3) is 5.91 Å². The Labute approximate surface area is 129 Å². The minimum absolute atomic E-state index is 0.109. The summed E-state index contributed by atoms with van der Waals surface area (Å²) in [5.41, 5.74) is 3.09. The minimum atomic E-state index is -0.164. The van der Waals surface area contributed by atoms with Crippen LogP contribution in [0.5, 0.6) is 0 Å². The number of anilines is 2. The van der Waals surface area contributed by atoms with E-state index in [9.17, 15) is 9.59 Å². The van der Waals surface area contributed by atoms with Crippen molar-refractivity contribution in [3.63, 3.8) is 0 Å². The second-order valence-corrected chi connectivity index (χ2v) is 5.49. The highest BCUT2D eigenvalue weighted by Gasteiger charge is 2.24. The second kappa shape index (κ2) is 6.02. The van der Waals surface area contributed by atoms with E-state index in [1.165, 1.54) is 0 Å². The van der Waals surface area contributed by atoms with Crippen LogP contribution in [0, 0.1) is 6.92 Å². The fourth-order valence-corrected chi connectivity index (χ4v) is 2.70. The number of amides is 2. The van der Waals surface area contributed by atoms with E-state index in [2.05, 4.69) is 5.32 Å². The highest BCUT2D eigenvalue weighted by molar-refractivity contribution is 6.08. The maximum Gasteiger partial charge on any atom is 0.255 e. The molecule has 0 unspecified atom stereocenters. The molecule has 4 heteroatoms. The largest absolute Gasteiger partial charge is 0.320 e. The summed E-state index contributed by atoms with van der Waals surface area (Å²) < 4.78 is 0. The normalized spacial score (nSPS) is 14.2. The molecule has 1 aliphatic rings. The van der Waals surface area contributed by atoms with E-state index in [-0.39, 0.29) is 11.8 Å². The number of benzene rings is 2. The van der Waals surface area contributed by atoms with Crippen molar-refractivity contribution < 1.29 is 9.59 Å². The Bertz CT molecular complexity index is 725. The van der Waals surface area contributed by atoms with Crippen LogP contribution in [0.2, 0.25) is 0 Å². The van der Waals surface area contributed by atoms with Crippen LogP contribution in [-0.4, -0.2) is 18.4 Å². The number of hydrogen-bond donors (Lipinski definition) is 1. The molecule has 0 saturated carbocycles. The summed E-state index contributed by atoms with van der Waals surface area (Å²) in [6.07, 6.45) is 1.43. The van der Waals surface area contributed by atoms with Crippen LogP contribution in [0.3, 0.4) is 0 Å². The maximum absolute atomic E-state index is 12.4. The number of nitrogens with zero attached hydrogens (tertiary/aromatic N) is 1. The van der Waals surface area contributed by atoms with Crippen LogP contribution in [-0.2, 0) is 4.79 Å². The summed E-state index contributed by atoms with van der Waals surface area (Å²) in [5.74, 6) is -0.0555. The van der Waals surface area contributed by atoms with Crippen molar-refractivity contribution in [1.29, 1.82) is 0 Å². The molecule has 1 N–H and O–H groups in total. The first kappa shape index (κ1) is 14.3. The van der Waals surface area contributed by atoms with Gasteiger partial charge in [0.15, 0.2) is 0 Å². The molecule has 1 saturated heterocycles. The van der Waals surface area contributed by atoms with Crippen LogP contribution >= 0.6 is 0 Å². The lowest BCUT2D eigenvalue weighted by atomic mass is 10.1. The van der Waals surface area contributed by atoms with Gasteiger partial charge in [-0.3, -0.25) is 9.59 Å². The van der Waals surface area contributed by atoms with Crippen molar-refractivity contribution in [2.24, 2.45) is 0 Å². The van der Waals surface area contributed by atoms with Crippen molar-refractivity contribution in [2.75, 3.05) is 16.8 Å². The number of rotatable bonds is 3. The monoisotopic (exact) mass is 294 g/mol. The first-order valence-electron chi connectivity index (χ1n) is 7.42. The van der Waals surface area contributed by atoms with Gasteiger partial charge in [-0.15, -0.1) is 0 Å². The molecular weight excluding hydrogens is 276 g/mol. The molecule has 0 bridgehead atoms. The molecule has 1 aliphatic heterocycles. The number of nitrogens with one attached hydrogen (secondary N) is 1. The van der Waals surface area contributed by atoms with Crippen LogP contribution < -0.4 is 10.2 Å². The molecule has 2 amide bonds. The van der Waals surface area contributed by atoms with Gasteiger partial charge in [-0.1, -0.05) is 29.8 Å². The Balaban J connectivity index is 1.86. The highest BCUT2D eigenvalue weighted by Crippen LogP contribution is 2.29. The number of aryl methyl sites for hydroxylation is 1. The topological polar surface area (TPSA) is 49.4 Å². The average Bonchev–Trinajstić information content (AvgIpc) is 2.94. The van der Waals surface area contributed by atoms with Crippen molar-refractivity contribution in [1.82, 2.24) is 0 Å². The molecule has 22 heavy (non-hydrogen) atoms. The lowest BCUT2D eigenvalue weighted by Crippen LogP contribution is -2.25. The average molecular weight is 294 g/mol. The lowest BCUT2D eigenvalue weighted by molar-refractivity contribution is -0.117. The molecule has 3 rings (SSSR count). The maximum atomic E-state index is 12.4. The summed E-state index contributed by atoms with van der Waals surface area (Å²) in [4.78, 5) is 26.1. The molecule has 0 spiro atoms. The fourth-order valence-electron chi connectivity index (χ4n) is 2.70. The van der Waals surface area contributed by atoms with E-state index in [1.54, 1.807) is 11.0 Å². The van der Waals surface area contributed by atoms with E-state index in [1.807, 2.05) is 49.4 Å². The predicted molar refractivity (Wildman–Crippen MR) is 87.2 cm³/mol. The SMILES string of the molecule is Cc1cccc(C(=O)Nc2ccccc2N2CCCC2=O)c1. The highest BCUT2D eigenvalue weighted by atomic mass is 16.2. The number of carbonyl (C=O) groups is 2. The lowest BCUT2D eigenvalue weighted by Gasteiger charge is -2.20. The molecule has 4 nitrogen and oxygen atoms in total. The van der Waals surface area contributed by atoms with Crippen LogP contribution in [0.4, 0.5) is 11.4 Å². The zero-order valence-electron chi connectivity index (χ0n) is 12.5. The first-order chi connectivity index (χ1) is 10.6. The summed E-state index contributed by atoms with van der Waals surface area (Å²) in [6, 6.07) is 14.9. The third kappa shape index (κ3) is 2.86. The third-order valence-corrected chi connectivity index (χ3v) is 3.80. The number of hydrogen-bond acceptors (Lipinski definition) is 2.